The maximum absolute atomic E-state index is 12.0. The standard InChI is InChI=1S/C18H20N2O6/c1-20(11-16(21)19-10-13-6-5-9-25-13)17(22)12-26-18(23)14-7-3-4-8-15(14)24-2/h3-9H,10-12H2,1-2H3,(H,19,21). The first-order valence-electron chi connectivity index (χ1n) is 7.84. The van der Waals surface area contributed by atoms with Gasteiger partial charge in [-0.15, -0.1) is 0 Å². The van der Waals surface area contributed by atoms with Crippen molar-refractivity contribution in [3.8, 4) is 5.75 Å². The summed E-state index contributed by atoms with van der Waals surface area (Å²) in [5.74, 6) is -0.560. The monoisotopic (exact) mass is 360 g/mol. The predicted octanol–water partition coefficient (Wildman–Crippen LogP) is 1.22. The van der Waals surface area contributed by atoms with Gasteiger partial charge in [0, 0.05) is 7.05 Å². The number of nitrogens with zero attached hydrogens (tertiary/aromatic N) is 1. The largest absolute Gasteiger partial charge is 0.496 e. The highest BCUT2D eigenvalue weighted by molar-refractivity contribution is 5.94. The first-order chi connectivity index (χ1) is 12.5. The summed E-state index contributed by atoms with van der Waals surface area (Å²) < 4.78 is 15.2. The molecule has 0 radical (unpaired) electrons. The predicted molar refractivity (Wildman–Crippen MR) is 91.5 cm³/mol. The second kappa shape index (κ2) is 9.26. The molecule has 0 fully saturated rings. The molecule has 0 aliphatic heterocycles. The van der Waals surface area contributed by atoms with Crippen LogP contribution in [0.15, 0.2) is 47.1 Å². The smallest absolute Gasteiger partial charge is 0.342 e. The van der Waals surface area contributed by atoms with Gasteiger partial charge in [-0.05, 0) is 24.3 Å². The van der Waals surface area contributed by atoms with E-state index < -0.39 is 18.5 Å². The van der Waals surface area contributed by atoms with Gasteiger partial charge in [0.05, 0.1) is 26.5 Å². The Morgan fingerprint density at radius 3 is 2.62 bits per heavy atom. The number of carbonyl (C=O) groups is 3. The average Bonchev–Trinajstić information content (AvgIpc) is 3.17. The van der Waals surface area contributed by atoms with Crippen LogP contribution in [0, 0.1) is 0 Å². The fraction of sp³-hybridized carbons (Fsp3) is 0.278. The van der Waals surface area contributed by atoms with E-state index in [1.165, 1.54) is 31.4 Å². The minimum atomic E-state index is -0.675. The molecule has 8 heteroatoms. The number of carbonyl (C=O) groups excluding carboxylic acids is 3. The lowest BCUT2D eigenvalue weighted by atomic mass is 10.2. The average molecular weight is 360 g/mol. The van der Waals surface area contributed by atoms with Crippen molar-refractivity contribution in [2.45, 2.75) is 6.54 Å². The summed E-state index contributed by atoms with van der Waals surface area (Å²) in [6, 6.07) is 9.98. The zero-order chi connectivity index (χ0) is 18.9. The van der Waals surface area contributed by atoms with Crippen LogP contribution in [0.5, 0.6) is 5.75 Å². The molecule has 0 atom stereocenters. The summed E-state index contributed by atoms with van der Waals surface area (Å²) in [7, 11) is 2.89. The molecule has 1 aromatic heterocycles. The van der Waals surface area contributed by atoms with Crippen LogP contribution in [0.4, 0.5) is 0 Å². The minimum Gasteiger partial charge on any atom is -0.496 e. The molecule has 2 aromatic rings. The number of hydrogen-bond acceptors (Lipinski definition) is 6. The summed E-state index contributed by atoms with van der Waals surface area (Å²) >= 11 is 0. The van der Waals surface area contributed by atoms with Crippen molar-refractivity contribution in [3.05, 3.63) is 54.0 Å². The molecule has 1 aromatic carbocycles. The molecular formula is C18H20N2O6. The van der Waals surface area contributed by atoms with Gasteiger partial charge in [0.15, 0.2) is 6.61 Å². The number of para-hydroxylation sites is 1. The zero-order valence-corrected chi connectivity index (χ0v) is 14.6. The van der Waals surface area contributed by atoms with Gasteiger partial charge < -0.3 is 24.1 Å². The van der Waals surface area contributed by atoms with Crippen LogP contribution >= 0.6 is 0 Å². The highest BCUT2D eigenvalue weighted by Gasteiger charge is 2.18. The fourth-order valence-corrected chi connectivity index (χ4v) is 2.09. The van der Waals surface area contributed by atoms with E-state index in [4.69, 9.17) is 13.9 Å². The molecular weight excluding hydrogens is 340 g/mol. The van der Waals surface area contributed by atoms with Gasteiger partial charge in [-0.2, -0.15) is 0 Å². The SMILES string of the molecule is COc1ccccc1C(=O)OCC(=O)N(C)CC(=O)NCc1ccco1. The molecule has 26 heavy (non-hydrogen) atoms. The number of benzene rings is 1. The molecule has 2 rings (SSSR count). The van der Waals surface area contributed by atoms with Gasteiger partial charge >= 0.3 is 5.97 Å². The lowest BCUT2D eigenvalue weighted by Gasteiger charge is -2.16. The first-order valence-corrected chi connectivity index (χ1v) is 7.84. The molecule has 0 saturated carbocycles. The van der Waals surface area contributed by atoms with Crippen molar-refractivity contribution in [1.29, 1.82) is 0 Å². The van der Waals surface area contributed by atoms with Crippen LogP contribution in [0.1, 0.15) is 16.1 Å². The number of rotatable bonds is 8. The molecule has 0 saturated heterocycles. The maximum Gasteiger partial charge on any atom is 0.342 e. The second-order valence-corrected chi connectivity index (χ2v) is 5.38. The second-order valence-electron chi connectivity index (χ2n) is 5.38. The van der Waals surface area contributed by atoms with Gasteiger partial charge in [-0.3, -0.25) is 9.59 Å². The highest BCUT2D eigenvalue weighted by atomic mass is 16.5. The number of likely N-dealkylation sites (N-methyl/N-ethyl adjacent to an activating group) is 1. The van der Waals surface area contributed by atoms with Gasteiger partial charge in [0.1, 0.15) is 17.1 Å². The van der Waals surface area contributed by atoms with Gasteiger partial charge in [-0.25, -0.2) is 4.79 Å². The molecule has 0 unspecified atom stereocenters. The van der Waals surface area contributed by atoms with Crippen molar-refractivity contribution in [2.75, 3.05) is 27.3 Å². The van der Waals surface area contributed by atoms with E-state index in [2.05, 4.69) is 5.32 Å². The van der Waals surface area contributed by atoms with Crippen LogP contribution in [0.3, 0.4) is 0 Å². The number of ether oxygens (including phenoxy) is 2. The van der Waals surface area contributed by atoms with Gasteiger partial charge in [0.2, 0.25) is 5.91 Å². The Morgan fingerprint density at radius 1 is 1.15 bits per heavy atom. The Bertz CT molecular complexity index is 757. The third-order valence-corrected chi connectivity index (χ3v) is 3.50. The zero-order valence-electron chi connectivity index (χ0n) is 14.6. The molecule has 1 N–H and O–H groups in total. The summed E-state index contributed by atoms with van der Waals surface area (Å²) in [4.78, 5) is 37.1. The fourth-order valence-electron chi connectivity index (χ4n) is 2.09. The van der Waals surface area contributed by atoms with Crippen molar-refractivity contribution in [3.63, 3.8) is 0 Å². The van der Waals surface area contributed by atoms with Crippen LogP contribution in [-0.4, -0.2) is 50.0 Å². The van der Waals surface area contributed by atoms with Crippen LogP contribution in [0.2, 0.25) is 0 Å². The van der Waals surface area contributed by atoms with Crippen LogP contribution in [-0.2, 0) is 20.9 Å². The van der Waals surface area contributed by atoms with Gasteiger partial charge in [0.25, 0.3) is 5.91 Å². The Labute approximate surface area is 150 Å². The molecule has 0 aliphatic rings. The quantitative estimate of drug-likeness (QED) is 0.711. The highest BCUT2D eigenvalue weighted by Crippen LogP contribution is 2.18. The Morgan fingerprint density at radius 2 is 1.92 bits per heavy atom. The number of hydrogen-bond donors (Lipinski definition) is 1. The number of amides is 2. The van der Waals surface area contributed by atoms with Crippen molar-refractivity contribution in [2.24, 2.45) is 0 Å². The number of methoxy groups -OCH3 is 1. The molecule has 0 aliphatic carbocycles. The van der Waals surface area contributed by atoms with Crippen molar-refractivity contribution >= 4 is 17.8 Å². The topological polar surface area (TPSA) is 98.1 Å². The lowest BCUT2D eigenvalue weighted by Crippen LogP contribution is -2.39. The summed E-state index contributed by atoms with van der Waals surface area (Å²) in [5, 5.41) is 2.63. The van der Waals surface area contributed by atoms with Crippen molar-refractivity contribution in [1.82, 2.24) is 10.2 Å². The Kier molecular flexibility index (Phi) is 6.78. The molecule has 138 valence electrons. The molecule has 1 heterocycles. The Balaban J connectivity index is 1.77. The summed E-state index contributed by atoms with van der Waals surface area (Å²) in [6.07, 6.45) is 1.51. The third-order valence-electron chi connectivity index (χ3n) is 3.50. The molecule has 2 amide bonds. The number of esters is 1. The van der Waals surface area contributed by atoms with E-state index in [9.17, 15) is 14.4 Å². The first kappa shape index (κ1) is 19.0. The maximum atomic E-state index is 12.0. The van der Waals surface area contributed by atoms with E-state index in [0.717, 1.165) is 0 Å². The van der Waals surface area contributed by atoms with Gasteiger partial charge in [-0.1, -0.05) is 12.1 Å². The third kappa shape index (κ3) is 5.37. The molecule has 0 bridgehead atoms. The Hall–Kier alpha value is -3.29. The van der Waals surface area contributed by atoms with E-state index in [0.29, 0.717) is 11.5 Å². The lowest BCUT2D eigenvalue weighted by molar-refractivity contribution is -0.137. The number of furan rings is 1. The van der Waals surface area contributed by atoms with E-state index in [1.807, 2.05) is 0 Å². The summed E-state index contributed by atoms with van der Waals surface area (Å²) in [5.41, 5.74) is 0.224. The molecule has 0 spiro atoms. The van der Waals surface area contributed by atoms with E-state index in [1.54, 1.807) is 30.3 Å². The van der Waals surface area contributed by atoms with Crippen molar-refractivity contribution < 1.29 is 28.3 Å². The molecule has 8 nitrogen and oxygen atoms in total. The van der Waals surface area contributed by atoms with E-state index in [-0.39, 0.29) is 24.6 Å². The van der Waals surface area contributed by atoms with Crippen LogP contribution < -0.4 is 10.1 Å². The normalized spacial score (nSPS) is 10.1. The number of nitrogens with one attached hydrogen (secondary N) is 1. The van der Waals surface area contributed by atoms with E-state index >= 15 is 0 Å². The van der Waals surface area contributed by atoms with Crippen LogP contribution in [0.25, 0.3) is 0 Å². The minimum absolute atomic E-state index is 0.161. The summed E-state index contributed by atoms with van der Waals surface area (Å²) in [6.45, 7) is -0.402.